The van der Waals surface area contributed by atoms with Crippen LogP contribution in [-0.2, 0) is 6.54 Å². The predicted octanol–water partition coefficient (Wildman–Crippen LogP) is 4.21. The minimum atomic E-state index is -0.436. The number of aromatic nitrogens is 1. The van der Waals surface area contributed by atoms with E-state index in [0.29, 0.717) is 37.4 Å². The Balaban J connectivity index is 2.11. The molecule has 0 spiro atoms. The molecule has 0 atom stereocenters. The molecule has 108 valence electrons. The molecule has 0 aliphatic heterocycles. The molecule has 0 N–H and O–H groups in total. The summed E-state index contributed by atoms with van der Waals surface area (Å²) in [6, 6.07) is 6.42. The number of nitrogens with zero attached hydrogens (tertiary/aromatic N) is 1. The minimum absolute atomic E-state index is 0.253. The summed E-state index contributed by atoms with van der Waals surface area (Å²) in [4.78, 5) is 24.1. The van der Waals surface area contributed by atoms with Crippen LogP contribution < -0.4 is 5.76 Å². The average Bonchev–Trinajstić information content (AvgIpc) is 2.95. The lowest BCUT2D eigenvalue weighted by Gasteiger charge is -2.00. The summed E-state index contributed by atoms with van der Waals surface area (Å²) in [6.07, 6.45) is 0. The first-order valence-corrected chi connectivity index (χ1v) is 7.71. The monoisotopic (exact) mass is 341 g/mol. The van der Waals surface area contributed by atoms with Crippen molar-refractivity contribution >= 4 is 51.4 Å². The van der Waals surface area contributed by atoms with Gasteiger partial charge < -0.3 is 4.42 Å². The lowest BCUT2D eigenvalue weighted by Crippen LogP contribution is -2.11. The van der Waals surface area contributed by atoms with Crippen LogP contribution in [-0.4, -0.2) is 10.4 Å². The normalized spacial score (nSPS) is 11.2. The van der Waals surface area contributed by atoms with Crippen LogP contribution >= 0.6 is 34.5 Å². The number of fused-ring (bicyclic) bond motifs is 1. The highest BCUT2D eigenvalue weighted by Crippen LogP contribution is 2.33. The lowest BCUT2D eigenvalue weighted by molar-refractivity contribution is 0.103. The van der Waals surface area contributed by atoms with Gasteiger partial charge in [0, 0.05) is 12.1 Å². The largest absolute Gasteiger partial charge is 0.419 e. The predicted molar refractivity (Wildman–Crippen MR) is 83.9 cm³/mol. The van der Waals surface area contributed by atoms with Gasteiger partial charge in [0.05, 0.1) is 15.4 Å². The van der Waals surface area contributed by atoms with Gasteiger partial charge >= 0.3 is 5.76 Å². The van der Waals surface area contributed by atoms with Gasteiger partial charge in [-0.2, -0.15) is 0 Å². The number of hydrogen-bond acceptors (Lipinski definition) is 4. The maximum atomic E-state index is 12.4. The molecule has 0 aliphatic carbocycles. The summed E-state index contributed by atoms with van der Waals surface area (Å²) in [5.41, 5.74) is 1.79. The standard InChI is InChI=1S/C14H9Cl2NO3S/c1-2-17-9-4-3-7(5-10(9)20-14(17)19)12(18)8-6-11(15)21-13(8)16/h3-6H,2H2,1H3. The van der Waals surface area contributed by atoms with Gasteiger partial charge in [-0.1, -0.05) is 23.2 Å². The molecular weight excluding hydrogens is 333 g/mol. The molecule has 2 aromatic heterocycles. The number of oxazole rings is 1. The van der Waals surface area contributed by atoms with E-state index in [4.69, 9.17) is 27.6 Å². The van der Waals surface area contributed by atoms with E-state index < -0.39 is 5.76 Å². The molecule has 0 bridgehead atoms. The summed E-state index contributed by atoms with van der Waals surface area (Å²) < 4.78 is 7.45. The van der Waals surface area contributed by atoms with Crippen molar-refractivity contribution in [1.82, 2.24) is 4.57 Å². The molecule has 0 aliphatic rings. The van der Waals surface area contributed by atoms with E-state index in [0.717, 1.165) is 11.3 Å². The Labute approximate surface area is 133 Å². The molecular formula is C14H9Cl2NO3S. The summed E-state index contributed by atoms with van der Waals surface area (Å²) in [5.74, 6) is -0.689. The maximum Gasteiger partial charge on any atom is 0.419 e. The Kier molecular flexibility index (Phi) is 3.65. The van der Waals surface area contributed by atoms with Crippen LogP contribution in [0.25, 0.3) is 11.1 Å². The van der Waals surface area contributed by atoms with E-state index in [2.05, 4.69) is 0 Å². The highest BCUT2D eigenvalue weighted by Gasteiger charge is 2.18. The van der Waals surface area contributed by atoms with Crippen molar-refractivity contribution in [3.63, 3.8) is 0 Å². The van der Waals surface area contributed by atoms with Gasteiger partial charge in [0.15, 0.2) is 11.4 Å². The van der Waals surface area contributed by atoms with E-state index in [-0.39, 0.29) is 5.78 Å². The molecule has 7 heteroatoms. The Hall–Kier alpha value is -1.56. The van der Waals surface area contributed by atoms with E-state index in [1.165, 1.54) is 10.6 Å². The van der Waals surface area contributed by atoms with Crippen molar-refractivity contribution in [1.29, 1.82) is 0 Å². The second kappa shape index (κ2) is 5.33. The summed E-state index contributed by atoms with van der Waals surface area (Å²) >= 11 is 13.0. The zero-order valence-corrected chi connectivity index (χ0v) is 13.2. The minimum Gasteiger partial charge on any atom is -0.408 e. The zero-order valence-electron chi connectivity index (χ0n) is 10.9. The van der Waals surface area contributed by atoms with Crippen molar-refractivity contribution in [2.24, 2.45) is 0 Å². The Bertz CT molecular complexity index is 907. The maximum absolute atomic E-state index is 12.4. The van der Waals surface area contributed by atoms with E-state index in [1.54, 1.807) is 18.2 Å². The number of ketones is 1. The van der Waals surface area contributed by atoms with E-state index >= 15 is 0 Å². The number of aryl methyl sites for hydroxylation is 1. The van der Waals surface area contributed by atoms with Crippen molar-refractivity contribution in [2.45, 2.75) is 13.5 Å². The second-order valence-electron chi connectivity index (χ2n) is 4.36. The van der Waals surface area contributed by atoms with Crippen LogP contribution in [0.4, 0.5) is 0 Å². The molecule has 1 aromatic carbocycles. The second-order valence-corrected chi connectivity index (χ2v) is 6.65. The highest BCUT2D eigenvalue weighted by atomic mass is 35.5. The fourth-order valence-electron chi connectivity index (χ4n) is 2.16. The summed E-state index contributed by atoms with van der Waals surface area (Å²) in [5, 5.41) is 0. The molecule has 21 heavy (non-hydrogen) atoms. The molecule has 0 saturated carbocycles. The number of carbonyl (C=O) groups is 1. The van der Waals surface area contributed by atoms with Crippen molar-refractivity contribution < 1.29 is 9.21 Å². The molecule has 0 unspecified atom stereocenters. The van der Waals surface area contributed by atoms with E-state index in [9.17, 15) is 9.59 Å². The third-order valence-electron chi connectivity index (χ3n) is 3.15. The Morgan fingerprint density at radius 2 is 2.10 bits per heavy atom. The van der Waals surface area contributed by atoms with Crippen LogP contribution in [0.3, 0.4) is 0 Å². The number of carbonyl (C=O) groups excluding carboxylic acids is 1. The molecule has 3 aromatic rings. The molecule has 3 rings (SSSR count). The number of benzene rings is 1. The van der Waals surface area contributed by atoms with Gasteiger partial charge in [-0.15, -0.1) is 11.3 Å². The van der Waals surface area contributed by atoms with Gasteiger partial charge in [-0.05, 0) is 31.2 Å². The van der Waals surface area contributed by atoms with Gasteiger partial charge in [0.1, 0.15) is 4.34 Å². The van der Waals surface area contributed by atoms with Gasteiger partial charge in [-0.25, -0.2) is 4.79 Å². The number of halogens is 2. The van der Waals surface area contributed by atoms with Gasteiger partial charge in [0.2, 0.25) is 0 Å². The van der Waals surface area contributed by atoms with Gasteiger partial charge in [-0.3, -0.25) is 9.36 Å². The number of thiophene rings is 1. The van der Waals surface area contributed by atoms with Crippen molar-refractivity contribution in [2.75, 3.05) is 0 Å². The highest BCUT2D eigenvalue weighted by molar-refractivity contribution is 7.20. The van der Waals surface area contributed by atoms with Crippen LogP contribution in [0.2, 0.25) is 8.67 Å². The van der Waals surface area contributed by atoms with Crippen LogP contribution in [0.15, 0.2) is 33.5 Å². The fraction of sp³-hybridized carbons (Fsp3) is 0.143. The number of hydrogen-bond donors (Lipinski definition) is 0. The fourth-order valence-corrected chi connectivity index (χ4v) is 3.62. The SMILES string of the molecule is CCn1c(=O)oc2cc(C(=O)c3cc(Cl)sc3Cl)ccc21. The molecule has 0 saturated heterocycles. The number of rotatable bonds is 3. The Morgan fingerprint density at radius 1 is 1.33 bits per heavy atom. The first kappa shape index (κ1) is 14.4. The van der Waals surface area contributed by atoms with Gasteiger partial charge in [0.25, 0.3) is 0 Å². The van der Waals surface area contributed by atoms with Crippen molar-refractivity contribution in [3.05, 3.63) is 54.6 Å². The molecule has 0 radical (unpaired) electrons. The molecule has 2 heterocycles. The topological polar surface area (TPSA) is 52.2 Å². The smallest absolute Gasteiger partial charge is 0.408 e. The van der Waals surface area contributed by atoms with E-state index in [1.807, 2.05) is 6.92 Å². The van der Waals surface area contributed by atoms with Crippen LogP contribution in [0.1, 0.15) is 22.8 Å². The molecule has 0 fully saturated rings. The summed E-state index contributed by atoms with van der Waals surface area (Å²) in [6.45, 7) is 2.35. The van der Waals surface area contributed by atoms with Crippen LogP contribution in [0, 0.1) is 0 Å². The van der Waals surface area contributed by atoms with Crippen molar-refractivity contribution in [3.8, 4) is 0 Å². The lowest BCUT2D eigenvalue weighted by atomic mass is 10.1. The Morgan fingerprint density at radius 3 is 2.71 bits per heavy atom. The first-order valence-electron chi connectivity index (χ1n) is 6.14. The summed E-state index contributed by atoms with van der Waals surface area (Å²) in [7, 11) is 0. The average molecular weight is 342 g/mol. The first-order chi connectivity index (χ1) is 10.0. The quantitative estimate of drug-likeness (QED) is 0.670. The third-order valence-corrected chi connectivity index (χ3v) is 4.64. The van der Waals surface area contributed by atoms with Crippen LogP contribution in [0.5, 0.6) is 0 Å². The molecule has 0 amide bonds. The zero-order chi connectivity index (χ0) is 15.1. The molecule has 4 nitrogen and oxygen atoms in total. The third kappa shape index (κ3) is 2.41.